The monoisotopic (exact) mass is 140 g/mol. The molecule has 0 aromatic rings. The number of aldehydes is 1. The van der Waals surface area contributed by atoms with E-state index in [1.54, 1.807) is 0 Å². The molecule has 0 fully saturated rings. The Bertz CT molecular complexity index is 147. The van der Waals surface area contributed by atoms with Gasteiger partial charge in [-0.2, -0.15) is 0 Å². The van der Waals surface area contributed by atoms with Gasteiger partial charge in [-0.1, -0.05) is 20.1 Å². The molecule has 0 aliphatic heterocycles. The van der Waals surface area contributed by atoms with E-state index in [0.717, 1.165) is 12.8 Å². The number of hydrogen-bond acceptors (Lipinski definition) is 2. The Morgan fingerprint density at radius 2 is 2.20 bits per heavy atom. The molecular formula is C8H12O2. The third-order valence-electron chi connectivity index (χ3n) is 0.936. The van der Waals surface area contributed by atoms with Crippen LogP contribution in [-0.2, 0) is 9.53 Å². The van der Waals surface area contributed by atoms with E-state index in [0.29, 0.717) is 12.0 Å². The van der Waals surface area contributed by atoms with Gasteiger partial charge in [0.15, 0.2) is 12.0 Å². The Balaban J connectivity index is 3.57. The van der Waals surface area contributed by atoms with E-state index < -0.39 is 0 Å². The maximum absolute atomic E-state index is 9.98. The molecule has 0 aliphatic rings. The maximum atomic E-state index is 9.98. The van der Waals surface area contributed by atoms with Gasteiger partial charge in [-0.25, -0.2) is 0 Å². The quantitative estimate of drug-likeness (QED) is 0.332. The van der Waals surface area contributed by atoms with Gasteiger partial charge in [0, 0.05) is 6.42 Å². The lowest BCUT2D eigenvalue weighted by atomic mass is 10.3. The number of rotatable bonds is 5. The molecule has 0 spiro atoms. The molecule has 0 unspecified atom stereocenters. The molecule has 0 aliphatic carbocycles. The van der Waals surface area contributed by atoms with Gasteiger partial charge >= 0.3 is 0 Å². The normalized spacial score (nSPS) is 8.50. The largest absolute Gasteiger partial charge is 0.460 e. The lowest BCUT2D eigenvalue weighted by Crippen LogP contribution is -1.90. The Hall–Kier alpha value is -1.05. The molecule has 0 atom stereocenters. The highest BCUT2D eigenvalue weighted by Crippen LogP contribution is 2.06. The van der Waals surface area contributed by atoms with Crippen molar-refractivity contribution in [3.05, 3.63) is 24.7 Å². The van der Waals surface area contributed by atoms with E-state index in [2.05, 4.69) is 13.2 Å². The predicted octanol–water partition coefficient (Wildman–Crippen LogP) is 2.03. The molecule has 0 heterocycles. The second-order valence-electron chi connectivity index (χ2n) is 1.97. The van der Waals surface area contributed by atoms with Gasteiger partial charge in [0.2, 0.25) is 0 Å². The summed E-state index contributed by atoms with van der Waals surface area (Å²) in [7, 11) is 0. The summed E-state index contributed by atoms with van der Waals surface area (Å²) in [6.07, 6.45) is 2.30. The molecule has 2 nitrogen and oxygen atoms in total. The molecule has 0 radical (unpaired) electrons. The van der Waals surface area contributed by atoms with Crippen LogP contribution in [0.5, 0.6) is 0 Å². The fraction of sp³-hybridized carbons (Fsp3) is 0.375. The van der Waals surface area contributed by atoms with E-state index in [1.165, 1.54) is 0 Å². The van der Waals surface area contributed by atoms with Gasteiger partial charge in [0.05, 0.1) is 5.76 Å². The topological polar surface area (TPSA) is 26.3 Å². The van der Waals surface area contributed by atoms with Crippen LogP contribution in [0.4, 0.5) is 0 Å². The third-order valence-corrected chi connectivity index (χ3v) is 0.936. The number of carbonyl (C=O) groups excluding carboxylic acids is 1. The summed E-state index contributed by atoms with van der Waals surface area (Å²) in [6.45, 7) is 8.95. The summed E-state index contributed by atoms with van der Waals surface area (Å²) in [6, 6.07) is 0. The standard InChI is InChI=1S/C8H12O2/c1-4-5-7(2)10-8(3)6-9/h6H,2-5H2,1H3. The van der Waals surface area contributed by atoms with Crippen molar-refractivity contribution in [2.24, 2.45) is 0 Å². The molecule has 0 N–H and O–H groups in total. The van der Waals surface area contributed by atoms with Crippen molar-refractivity contribution in [3.63, 3.8) is 0 Å². The number of allylic oxidation sites excluding steroid dienone is 2. The van der Waals surface area contributed by atoms with Gasteiger partial charge in [0.1, 0.15) is 0 Å². The van der Waals surface area contributed by atoms with Crippen molar-refractivity contribution < 1.29 is 9.53 Å². The summed E-state index contributed by atoms with van der Waals surface area (Å²) < 4.78 is 4.88. The minimum atomic E-state index is 0.124. The Morgan fingerprint density at radius 1 is 1.60 bits per heavy atom. The van der Waals surface area contributed by atoms with Gasteiger partial charge in [-0.05, 0) is 6.42 Å². The smallest absolute Gasteiger partial charge is 0.184 e. The molecule has 0 saturated carbocycles. The second-order valence-corrected chi connectivity index (χ2v) is 1.97. The maximum Gasteiger partial charge on any atom is 0.184 e. The molecule has 56 valence electrons. The van der Waals surface area contributed by atoms with Crippen LogP contribution in [0.25, 0.3) is 0 Å². The first-order valence-electron chi connectivity index (χ1n) is 3.20. The first kappa shape index (κ1) is 8.95. The van der Waals surface area contributed by atoms with Crippen LogP contribution >= 0.6 is 0 Å². The fourth-order valence-corrected chi connectivity index (χ4v) is 0.539. The molecule has 0 aromatic heterocycles. The molecule has 0 rings (SSSR count). The molecule has 0 amide bonds. The van der Waals surface area contributed by atoms with Gasteiger partial charge in [-0.3, -0.25) is 4.79 Å². The Kier molecular flexibility index (Phi) is 4.29. The zero-order chi connectivity index (χ0) is 7.98. The highest BCUT2D eigenvalue weighted by Gasteiger charge is 1.94. The summed E-state index contributed by atoms with van der Waals surface area (Å²) in [5.74, 6) is 0.720. The fourth-order valence-electron chi connectivity index (χ4n) is 0.539. The number of carbonyl (C=O) groups is 1. The summed E-state index contributed by atoms with van der Waals surface area (Å²) in [5, 5.41) is 0. The SMILES string of the molecule is C=C(C=O)OC(=C)CCC. The van der Waals surface area contributed by atoms with Gasteiger partial charge in [0.25, 0.3) is 0 Å². The van der Waals surface area contributed by atoms with E-state index in [-0.39, 0.29) is 5.76 Å². The predicted molar refractivity (Wildman–Crippen MR) is 40.3 cm³/mol. The molecule has 0 aromatic carbocycles. The average Bonchev–Trinajstić information content (AvgIpc) is 1.88. The van der Waals surface area contributed by atoms with Crippen molar-refractivity contribution in [2.75, 3.05) is 0 Å². The average molecular weight is 140 g/mol. The zero-order valence-corrected chi connectivity index (χ0v) is 6.22. The molecule has 0 saturated heterocycles. The minimum Gasteiger partial charge on any atom is -0.460 e. The Morgan fingerprint density at radius 3 is 2.60 bits per heavy atom. The van der Waals surface area contributed by atoms with E-state index in [1.807, 2.05) is 6.92 Å². The molecule has 0 bridgehead atoms. The van der Waals surface area contributed by atoms with Gasteiger partial charge < -0.3 is 4.74 Å². The van der Waals surface area contributed by atoms with Crippen molar-refractivity contribution in [2.45, 2.75) is 19.8 Å². The highest BCUT2D eigenvalue weighted by molar-refractivity contribution is 5.69. The first-order valence-corrected chi connectivity index (χ1v) is 3.20. The van der Waals surface area contributed by atoms with E-state index in [9.17, 15) is 4.79 Å². The van der Waals surface area contributed by atoms with Crippen LogP contribution in [0.15, 0.2) is 24.7 Å². The first-order chi connectivity index (χ1) is 4.70. The molecule has 10 heavy (non-hydrogen) atoms. The van der Waals surface area contributed by atoms with Crippen LogP contribution in [-0.4, -0.2) is 6.29 Å². The van der Waals surface area contributed by atoms with Crippen molar-refractivity contribution >= 4 is 6.29 Å². The second kappa shape index (κ2) is 4.79. The summed E-state index contributed by atoms with van der Waals surface area (Å²) in [4.78, 5) is 9.98. The molecular weight excluding hydrogens is 128 g/mol. The van der Waals surface area contributed by atoms with Crippen molar-refractivity contribution in [1.82, 2.24) is 0 Å². The van der Waals surface area contributed by atoms with Crippen molar-refractivity contribution in [1.29, 1.82) is 0 Å². The third kappa shape index (κ3) is 3.89. The van der Waals surface area contributed by atoms with Gasteiger partial charge in [-0.15, -0.1) is 0 Å². The van der Waals surface area contributed by atoms with Crippen LogP contribution in [0.2, 0.25) is 0 Å². The van der Waals surface area contributed by atoms with Crippen LogP contribution in [0.3, 0.4) is 0 Å². The summed E-state index contributed by atoms with van der Waals surface area (Å²) >= 11 is 0. The zero-order valence-electron chi connectivity index (χ0n) is 6.22. The van der Waals surface area contributed by atoms with Crippen LogP contribution < -0.4 is 0 Å². The van der Waals surface area contributed by atoms with Crippen LogP contribution in [0, 0.1) is 0 Å². The number of ether oxygens (including phenoxy) is 1. The number of hydrogen-bond donors (Lipinski definition) is 0. The van der Waals surface area contributed by atoms with Crippen LogP contribution in [0.1, 0.15) is 19.8 Å². The minimum absolute atomic E-state index is 0.124. The molecule has 2 heteroatoms. The van der Waals surface area contributed by atoms with E-state index >= 15 is 0 Å². The lowest BCUT2D eigenvalue weighted by molar-refractivity contribution is -0.107. The summed E-state index contributed by atoms with van der Waals surface area (Å²) in [5.41, 5.74) is 0. The highest BCUT2D eigenvalue weighted by atomic mass is 16.5. The van der Waals surface area contributed by atoms with Crippen molar-refractivity contribution in [3.8, 4) is 0 Å². The lowest BCUT2D eigenvalue weighted by Gasteiger charge is -2.03. The van der Waals surface area contributed by atoms with E-state index in [4.69, 9.17) is 4.74 Å². The Labute approximate surface area is 61.2 Å².